The van der Waals surface area contributed by atoms with E-state index in [1.165, 1.54) is 0 Å². The third-order valence-electron chi connectivity index (χ3n) is 3.12. The summed E-state index contributed by atoms with van der Waals surface area (Å²) in [7, 11) is 0. The van der Waals surface area contributed by atoms with Gasteiger partial charge >= 0.3 is 0 Å². The second kappa shape index (κ2) is 3.68. The summed E-state index contributed by atoms with van der Waals surface area (Å²) in [5, 5.41) is 14.4. The van der Waals surface area contributed by atoms with Gasteiger partial charge in [-0.25, -0.2) is 9.67 Å². The molecule has 84 valence electrons. The molecule has 1 aliphatic rings. The number of hydrogen-bond donors (Lipinski definition) is 1. The molecule has 6 heteroatoms. The van der Waals surface area contributed by atoms with Crippen molar-refractivity contribution in [2.45, 2.75) is 18.9 Å². The smallest absolute Gasteiger partial charge is 0.224 e. The predicted octanol–water partition coefficient (Wildman–Crippen LogP) is 1.42. The van der Waals surface area contributed by atoms with Crippen LogP contribution in [0, 0.1) is 5.92 Å². The maximum atomic E-state index is 8.98. The van der Waals surface area contributed by atoms with E-state index in [2.05, 4.69) is 15.1 Å². The van der Waals surface area contributed by atoms with Gasteiger partial charge in [-0.15, -0.1) is 0 Å². The Hall–Kier alpha value is -1.20. The zero-order valence-corrected chi connectivity index (χ0v) is 9.30. The minimum atomic E-state index is 0.243. The third kappa shape index (κ3) is 1.47. The first-order valence-electron chi connectivity index (χ1n) is 5.24. The van der Waals surface area contributed by atoms with Crippen LogP contribution in [0.5, 0.6) is 0 Å². The van der Waals surface area contributed by atoms with Gasteiger partial charge in [-0.3, -0.25) is 0 Å². The van der Waals surface area contributed by atoms with Gasteiger partial charge in [-0.2, -0.15) is 10.1 Å². The number of fused-ring (bicyclic) bond motifs is 1. The summed E-state index contributed by atoms with van der Waals surface area (Å²) in [6.07, 6.45) is 5.33. The maximum Gasteiger partial charge on any atom is 0.224 e. The van der Waals surface area contributed by atoms with Crippen molar-refractivity contribution in [3.8, 4) is 0 Å². The van der Waals surface area contributed by atoms with Crippen molar-refractivity contribution in [1.29, 1.82) is 0 Å². The van der Waals surface area contributed by atoms with Gasteiger partial charge in [0.2, 0.25) is 5.28 Å². The first kappa shape index (κ1) is 9.99. The number of aromatic nitrogens is 4. The van der Waals surface area contributed by atoms with Gasteiger partial charge in [0.25, 0.3) is 0 Å². The fourth-order valence-corrected chi connectivity index (χ4v) is 2.26. The van der Waals surface area contributed by atoms with Crippen molar-refractivity contribution in [3.05, 3.63) is 17.7 Å². The monoisotopic (exact) mass is 238 g/mol. The molecule has 1 saturated carbocycles. The minimum Gasteiger partial charge on any atom is -0.396 e. The van der Waals surface area contributed by atoms with E-state index in [1.807, 2.05) is 4.68 Å². The molecule has 1 N–H and O–H groups in total. The summed E-state index contributed by atoms with van der Waals surface area (Å²) < 4.78 is 1.88. The quantitative estimate of drug-likeness (QED) is 0.804. The van der Waals surface area contributed by atoms with Crippen LogP contribution in [0.2, 0.25) is 5.28 Å². The first-order chi connectivity index (χ1) is 7.78. The molecule has 0 atom stereocenters. The Morgan fingerprint density at radius 3 is 3.00 bits per heavy atom. The van der Waals surface area contributed by atoms with E-state index < -0.39 is 0 Å². The van der Waals surface area contributed by atoms with Crippen LogP contribution >= 0.6 is 11.6 Å². The second-order valence-electron chi connectivity index (χ2n) is 4.18. The van der Waals surface area contributed by atoms with Gasteiger partial charge in [0.05, 0.1) is 17.6 Å². The van der Waals surface area contributed by atoms with E-state index in [4.69, 9.17) is 16.7 Å². The van der Waals surface area contributed by atoms with Crippen LogP contribution in [0.25, 0.3) is 11.0 Å². The Bertz CT molecular complexity index is 521. The molecule has 0 spiro atoms. The van der Waals surface area contributed by atoms with Crippen molar-refractivity contribution in [1.82, 2.24) is 19.7 Å². The Kier molecular flexibility index (Phi) is 2.29. The van der Waals surface area contributed by atoms with Gasteiger partial charge in [-0.1, -0.05) is 0 Å². The van der Waals surface area contributed by atoms with Gasteiger partial charge < -0.3 is 5.11 Å². The molecular formula is C10H11ClN4O. The second-order valence-corrected chi connectivity index (χ2v) is 4.52. The number of hydrogen-bond acceptors (Lipinski definition) is 4. The summed E-state index contributed by atoms with van der Waals surface area (Å²) >= 11 is 5.77. The Morgan fingerprint density at radius 1 is 1.44 bits per heavy atom. The van der Waals surface area contributed by atoms with Crippen LogP contribution in [0.1, 0.15) is 18.9 Å². The van der Waals surface area contributed by atoms with Gasteiger partial charge in [-0.05, 0) is 30.4 Å². The molecule has 0 aliphatic heterocycles. The predicted molar refractivity (Wildman–Crippen MR) is 59.2 cm³/mol. The number of aliphatic hydroxyl groups is 1. The van der Waals surface area contributed by atoms with Crippen LogP contribution in [0.4, 0.5) is 0 Å². The molecule has 0 saturated heterocycles. The van der Waals surface area contributed by atoms with E-state index >= 15 is 0 Å². The van der Waals surface area contributed by atoms with E-state index in [0.717, 1.165) is 23.9 Å². The topological polar surface area (TPSA) is 63.8 Å². The summed E-state index contributed by atoms with van der Waals surface area (Å²) in [4.78, 5) is 8.10. The summed E-state index contributed by atoms with van der Waals surface area (Å²) in [5.41, 5.74) is 0.779. The van der Waals surface area contributed by atoms with E-state index in [-0.39, 0.29) is 11.9 Å². The Labute approximate surface area is 97.1 Å². The number of aliphatic hydroxyl groups excluding tert-OH is 1. The highest BCUT2D eigenvalue weighted by molar-refractivity contribution is 6.28. The molecule has 2 aromatic rings. The first-order valence-corrected chi connectivity index (χ1v) is 5.62. The molecule has 0 aromatic carbocycles. The van der Waals surface area contributed by atoms with Crippen molar-refractivity contribution in [2.24, 2.45) is 5.92 Å². The lowest BCUT2D eigenvalue weighted by Gasteiger charge is -2.34. The number of nitrogens with zero attached hydrogens (tertiary/aromatic N) is 4. The molecule has 5 nitrogen and oxygen atoms in total. The highest BCUT2D eigenvalue weighted by atomic mass is 35.5. The molecule has 3 rings (SSSR count). The molecule has 0 unspecified atom stereocenters. The zero-order chi connectivity index (χ0) is 11.1. The number of rotatable bonds is 2. The Morgan fingerprint density at radius 2 is 2.25 bits per heavy atom. The van der Waals surface area contributed by atoms with Gasteiger partial charge in [0.15, 0.2) is 5.65 Å². The van der Waals surface area contributed by atoms with Gasteiger partial charge in [0, 0.05) is 12.8 Å². The lowest BCUT2D eigenvalue weighted by atomic mass is 9.81. The normalized spacial score (nSPS) is 24.6. The standard InChI is InChI=1S/C10H11ClN4O/c11-10-12-3-7-4-13-15(9(7)14-10)8-1-6(2-8)5-16/h3-4,6,8,16H,1-2,5H2. The number of halogens is 1. The fraction of sp³-hybridized carbons (Fsp3) is 0.500. The van der Waals surface area contributed by atoms with Crippen LogP contribution in [-0.2, 0) is 0 Å². The molecule has 0 amide bonds. The van der Waals surface area contributed by atoms with E-state index in [9.17, 15) is 0 Å². The highest BCUT2D eigenvalue weighted by Gasteiger charge is 2.31. The lowest BCUT2D eigenvalue weighted by Crippen LogP contribution is -2.29. The summed E-state index contributed by atoms with van der Waals surface area (Å²) in [5.74, 6) is 0.404. The van der Waals surface area contributed by atoms with Crippen LogP contribution in [-0.4, -0.2) is 31.5 Å². The largest absolute Gasteiger partial charge is 0.396 e. The van der Waals surface area contributed by atoms with E-state index in [0.29, 0.717) is 12.0 Å². The van der Waals surface area contributed by atoms with Gasteiger partial charge in [0.1, 0.15) is 0 Å². The maximum absolute atomic E-state index is 8.98. The van der Waals surface area contributed by atoms with Crippen LogP contribution in [0.15, 0.2) is 12.4 Å². The Balaban J connectivity index is 1.96. The molecule has 2 heterocycles. The molecule has 1 aliphatic carbocycles. The summed E-state index contributed by atoms with van der Waals surface area (Å²) in [6.45, 7) is 0.255. The molecule has 2 aromatic heterocycles. The van der Waals surface area contributed by atoms with Crippen molar-refractivity contribution >= 4 is 22.6 Å². The van der Waals surface area contributed by atoms with Crippen molar-refractivity contribution < 1.29 is 5.11 Å². The van der Waals surface area contributed by atoms with E-state index in [1.54, 1.807) is 12.4 Å². The molecule has 16 heavy (non-hydrogen) atoms. The summed E-state index contributed by atoms with van der Waals surface area (Å²) in [6, 6.07) is 0.334. The van der Waals surface area contributed by atoms with Crippen molar-refractivity contribution in [3.63, 3.8) is 0 Å². The average Bonchev–Trinajstić information content (AvgIpc) is 2.60. The molecule has 0 bridgehead atoms. The highest BCUT2D eigenvalue weighted by Crippen LogP contribution is 2.38. The molecule has 0 radical (unpaired) electrons. The minimum absolute atomic E-state index is 0.243. The fourth-order valence-electron chi connectivity index (χ4n) is 2.13. The SMILES string of the molecule is OCC1CC(n2ncc3cnc(Cl)nc32)C1. The van der Waals surface area contributed by atoms with Crippen LogP contribution < -0.4 is 0 Å². The third-order valence-corrected chi connectivity index (χ3v) is 3.30. The van der Waals surface area contributed by atoms with Crippen molar-refractivity contribution in [2.75, 3.05) is 6.61 Å². The molecule has 1 fully saturated rings. The zero-order valence-electron chi connectivity index (χ0n) is 8.54. The lowest BCUT2D eigenvalue weighted by molar-refractivity contribution is 0.107. The van der Waals surface area contributed by atoms with Crippen LogP contribution in [0.3, 0.4) is 0 Å². The average molecular weight is 239 g/mol. The molecular weight excluding hydrogens is 228 g/mol.